The van der Waals surface area contributed by atoms with E-state index in [1.54, 1.807) is 28.6 Å². The van der Waals surface area contributed by atoms with E-state index in [0.717, 1.165) is 13.1 Å². The smallest absolute Gasteiger partial charge is 0.243 e. The van der Waals surface area contributed by atoms with Crippen LogP contribution >= 0.6 is 0 Å². The molecule has 0 radical (unpaired) electrons. The van der Waals surface area contributed by atoms with Crippen LogP contribution in [-0.2, 0) is 10.0 Å². The van der Waals surface area contributed by atoms with Crippen molar-refractivity contribution in [3.63, 3.8) is 0 Å². The van der Waals surface area contributed by atoms with Crippen molar-refractivity contribution in [2.75, 3.05) is 26.2 Å². The molecule has 9 heteroatoms. The third kappa shape index (κ3) is 3.26. The maximum Gasteiger partial charge on any atom is 0.243 e. The molecule has 23 heavy (non-hydrogen) atoms. The minimum absolute atomic E-state index is 0.262. The lowest BCUT2D eigenvalue weighted by molar-refractivity contribution is 0.154. The molecule has 0 aliphatic carbocycles. The number of hydrogen-bond acceptors (Lipinski definition) is 6. The maximum absolute atomic E-state index is 12.8. The lowest BCUT2D eigenvalue weighted by Gasteiger charge is -2.36. The van der Waals surface area contributed by atoms with Crippen molar-refractivity contribution >= 4 is 10.0 Å². The van der Waals surface area contributed by atoms with Crippen molar-refractivity contribution in [3.8, 4) is 11.4 Å². The summed E-state index contributed by atoms with van der Waals surface area (Å²) >= 11 is 0. The summed E-state index contributed by atoms with van der Waals surface area (Å²) in [4.78, 5) is 2.54. The molecule has 0 amide bonds. The number of H-pyrrole nitrogens is 1. The molecule has 0 unspecified atom stereocenters. The standard InChI is InChI=1S/C14H20N6O2S/c1-11(2)19-6-8-20(9-7-19)23(21,22)13-5-3-4-12(10-13)14-15-17-18-16-14/h3-5,10-11H,6-9H2,1-2H3,(H,15,16,17,18). The van der Waals surface area contributed by atoms with Crippen LogP contribution < -0.4 is 0 Å². The second-order valence-electron chi connectivity index (χ2n) is 5.80. The van der Waals surface area contributed by atoms with Crippen LogP contribution in [0.1, 0.15) is 13.8 Å². The van der Waals surface area contributed by atoms with Crippen LogP contribution in [0.15, 0.2) is 29.2 Å². The van der Waals surface area contributed by atoms with Crippen molar-refractivity contribution in [2.24, 2.45) is 0 Å². The molecule has 3 rings (SSSR count). The highest BCUT2D eigenvalue weighted by Crippen LogP contribution is 2.22. The maximum atomic E-state index is 12.8. The highest BCUT2D eigenvalue weighted by molar-refractivity contribution is 7.89. The van der Waals surface area contributed by atoms with Crippen LogP contribution in [0.2, 0.25) is 0 Å². The number of benzene rings is 1. The number of sulfonamides is 1. The third-order valence-electron chi connectivity index (χ3n) is 4.08. The Morgan fingerprint density at radius 1 is 1.17 bits per heavy atom. The SMILES string of the molecule is CC(C)N1CCN(S(=O)(=O)c2cccc(-c3nn[nH]n3)c2)CC1. The van der Waals surface area contributed by atoms with Crippen LogP contribution in [0.5, 0.6) is 0 Å². The number of nitrogens with one attached hydrogen (secondary N) is 1. The van der Waals surface area contributed by atoms with E-state index in [-0.39, 0.29) is 4.90 Å². The normalized spacial score (nSPS) is 17.7. The summed E-state index contributed by atoms with van der Waals surface area (Å²) in [5, 5.41) is 13.7. The van der Waals surface area contributed by atoms with Crippen molar-refractivity contribution < 1.29 is 8.42 Å². The van der Waals surface area contributed by atoms with Gasteiger partial charge >= 0.3 is 0 Å². The summed E-state index contributed by atoms with van der Waals surface area (Å²) in [6, 6.07) is 7.09. The van der Waals surface area contributed by atoms with Gasteiger partial charge in [-0.2, -0.15) is 9.52 Å². The fourth-order valence-electron chi connectivity index (χ4n) is 2.69. The number of hydrogen-bond donors (Lipinski definition) is 1. The van der Waals surface area contributed by atoms with Crippen LogP contribution in [0.25, 0.3) is 11.4 Å². The van der Waals surface area contributed by atoms with Gasteiger partial charge in [0.15, 0.2) is 0 Å². The number of nitrogens with zero attached hydrogens (tertiary/aromatic N) is 5. The Bertz CT molecular complexity index is 751. The predicted octanol–water partition coefficient (Wildman–Crippen LogP) is 0.581. The van der Waals surface area contributed by atoms with Crippen molar-refractivity contribution in [1.82, 2.24) is 29.8 Å². The van der Waals surface area contributed by atoms with E-state index in [4.69, 9.17) is 0 Å². The van der Waals surface area contributed by atoms with E-state index >= 15 is 0 Å². The largest absolute Gasteiger partial charge is 0.298 e. The molecule has 0 bridgehead atoms. The first-order chi connectivity index (χ1) is 11.0. The summed E-state index contributed by atoms with van der Waals surface area (Å²) in [7, 11) is -3.50. The molecule has 8 nitrogen and oxygen atoms in total. The van der Waals surface area contributed by atoms with E-state index in [2.05, 4.69) is 39.4 Å². The first-order valence-electron chi connectivity index (χ1n) is 7.56. The van der Waals surface area contributed by atoms with Crippen molar-refractivity contribution in [1.29, 1.82) is 0 Å². The Kier molecular flexibility index (Phi) is 4.42. The molecule has 0 saturated carbocycles. The van der Waals surface area contributed by atoms with Gasteiger partial charge in [-0.25, -0.2) is 8.42 Å². The Hall–Kier alpha value is -1.84. The molecule has 2 aromatic rings. The Balaban J connectivity index is 1.82. The molecular formula is C14H20N6O2S. The van der Waals surface area contributed by atoms with Gasteiger partial charge in [0.1, 0.15) is 0 Å². The zero-order valence-corrected chi connectivity index (χ0v) is 14.0. The van der Waals surface area contributed by atoms with E-state index in [1.165, 1.54) is 0 Å². The van der Waals surface area contributed by atoms with Crippen LogP contribution in [0.4, 0.5) is 0 Å². The van der Waals surface area contributed by atoms with Gasteiger partial charge in [-0.05, 0) is 31.2 Å². The fraction of sp³-hybridized carbons (Fsp3) is 0.500. The second kappa shape index (κ2) is 6.34. The van der Waals surface area contributed by atoms with E-state index < -0.39 is 10.0 Å². The first-order valence-corrected chi connectivity index (χ1v) is 9.00. The highest BCUT2D eigenvalue weighted by Gasteiger charge is 2.29. The lowest BCUT2D eigenvalue weighted by Crippen LogP contribution is -2.50. The number of tetrazole rings is 1. The molecule has 1 saturated heterocycles. The zero-order chi connectivity index (χ0) is 16.4. The fourth-order valence-corrected chi connectivity index (χ4v) is 4.16. The average Bonchev–Trinajstić information content (AvgIpc) is 3.09. The van der Waals surface area contributed by atoms with Crippen molar-refractivity contribution in [3.05, 3.63) is 24.3 Å². The molecule has 0 spiro atoms. The van der Waals surface area contributed by atoms with Crippen molar-refractivity contribution in [2.45, 2.75) is 24.8 Å². The Labute approximate surface area is 135 Å². The van der Waals surface area contributed by atoms with Gasteiger partial charge in [-0.15, -0.1) is 10.2 Å². The van der Waals surface area contributed by atoms with E-state index in [1.807, 2.05) is 0 Å². The minimum atomic E-state index is -3.50. The van der Waals surface area contributed by atoms with Crippen LogP contribution in [0, 0.1) is 0 Å². The van der Waals surface area contributed by atoms with Crippen LogP contribution in [0.3, 0.4) is 0 Å². The highest BCUT2D eigenvalue weighted by atomic mass is 32.2. The summed E-state index contributed by atoms with van der Waals surface area (Å²) < 4.78 is 27.2. The monoisotopic (exact) mass is 336 g/mol. The summed E-state index contributed by atoms with van der Waals surface area (Å²) in [6.45, 7) is 6.76. The van der Waals surface area contributed by atoms with Gasteiger partial charge in [0, 0.05) is 37.8 Å². The summed E-state index contributed by atoms with van der Waals surface area (Å²) in [6.07, 6.45) is 0. The molecule has 1 aromatic heterocycles. The molecule has 2 heterocycles. The Morgan fingerprint density at radius 2 is 1.91 bits per heavy atom. The van der Waals surface area contributed by atoms with Gasteiger partial charge in [-0.1, -0.05) is 12.1 Å². The average molecular weight is 336 g/mol. The molecular weight excluding hydrogens is 316 g/mol. The predicted molar refractivity (Wildman–Crippen MR) is 85.1 cm³/mol. The minimum Gasteiger partial charge on any atom is -0.298 e. The lowest BCUT2D eigenvalue weighted by atomic mass is 10.2. The summed E-state index contributed by atoms with van der Waals surface area (Å²) in [5.74, 6) is 0.381. The van der Waals surface area contributed by atoms with Crippen LogP contribution in [-0.4, -0.2) is 70.5 Å². The zero-order valence-electron chi connectivity index (χ0n) is 13.2. The molecule has 124 valence electrons. The molecule has 1 N–H and O–H groups in total. The molecule has 1 aromatic carbocycles. The number of piperazine rings is 1. The quantitative estimate of drug-likeness (QED) is 0.877. The summed E-state index contributed by atoms with van der Waals surface area (Å²) in [5.41, 5.74) is 0.626. The molecule has 1 fully saturated rings. The number of aromatic amines is 1. The molecule has 1 aliphatic heterocycles. The van der Waals surface area contributed by atoms with E-state index in [9.17, 15) is 8.42 Å². The second-order valence-corrected chi connectivity index (χ2v) is 7.73. The van der Waals surface area contributed by atoms with Gasteiger partial charge in [0.2, 0.25) is 15.8 Å². The molecule has 0 atom stereocenters. The topological polar surface area (TPSA) is 95.1 Å². The third-order valence-corrected chi connectivity index (χ3v) is 5.97. The number of aromatic nitrogens is 4. The van der Waals surface area contributed by atoms with Gasteiger partial charge in [-0.3, -0.25) is 4.90 Å². The van der Waals surface area contributed by atoms with Gasteiger partial charge < -0.3 is 0 Å². The van der Waals surface area contributed by atoms with Gasteiger partial charge in [0.25, 0.3) is 0 Å². The van der Waals surface area contributed by atoms with Gasteiger partial charge in [0.05, 0.1) is 4.90 Å². The number of rotatable bonds is 4. The van der Waals surface area contributed by atoms with E-state index in [0.29, 0.717) is 30.5 Å². The first kappa shape index (κ1) is 16.0. The Morgan fingerprint density at radius 3 is 2.52 bits per heavy atom. The molecule has 1 aliphatic rings.